The first kappa shape index (κ1) is 18.4. The van der Waals surface area contributed by atoms with Crippen LogP contribution in [0.3, 0.4) is 0 Å². The van der Waals surface area contributed by atoms with E-state index in [-0.39, 0.29) is 23.5 Å². The Morgan fingerprint density at radius 1 is 1.34 bits per heavy atom. The van der Waals surface area contributed by atoms with E-state index in [1.807, 2.05) is 16.8 Å². The number of rotatable bonds is 3. The van der Waals surface area contributed by atoms with Gasteiger partial charge in [0.15, 0.2) is 15.0 Å². The van der Waals surface area contributed by atoms with Crippen molar-refractivity contribution in [3.8, 4) is 21.8 Å². The van der Waals surface area contributed by atoms with Gasteiger partial charge in [0.25, 0.3) is 0 Å². The van der Waals surface area contributed by atoms with Gasteiger partial charge in [0, 0.05) is 30.4 Å². The molecule has 1 aliphatic heterocycles. The van der Waals surface area contributed by atoms with Gasteiger partial charge in [-0.05, 0) is 31.4 Å². The fourth-order valence-corrected chi connectivity index (χ4v) is 6.88. The van der Waals surface area contributed by atoms with Gasteiger partial charge in [-0.2, -0.15) is 5.10 Å². The van der Waals surface area contributed by atoms with Crippen molar-refractivity contribution in [1.29, 1.82) is 0 Å². The van der Waals surface area contributed by atoms with Crippen molar-refractivity contribution in [2.75, 3.05) is 16.8 Å². The lowest BCUT2D eigenvalue weighted by molar-refractivity contribution is -0.114. The van der Waals surface area contributed by atoms with E-state index in [1.165, 1.54) is 18.3 Å². The van der Waals surface area contributed by atoms with Crippen LogP contribution in [0.4, 0.5) is 5.13 Å². The maximum absolute atomic E-state index is 12.1. The van der Waals surface area contributed by atoms with Crippen LogP contribution in [-0.4, -0.2) is 45.6 Å². The van der Waals surface area contributed by atoms with Crippen molar-refractivity contribution in [1.82, 2.24) is 19.7 Å². The van der Waals surface area contributed by atoms with Crippen molar-refractivity contribution in [3.05, 3.63) is 35.8 Å². The standard InChI is InChI=1S/C19H19N5O3S2/c1-11(25)21-19-22-15-5-4-14-16(12-3-2-7-20-9-12)23-24(17(14)18(15)28-19)13-6-8-29(26,27)10-13/h2-3,7,9,13H,4-6,8,10H2,1H3,(H,21,22,25). The molecule has 1 aliphatic carbocycles. The number of sulfone groups is 1. The molecule has 29 heavy (non-hydrogen) atoms. The Hall–Kier alpha value is -2.59. The smallest absolute Gasteiger partial charge is 0.223 e. The van der Waals surface area contributed by atoms with Crippen LogP contribution in [0, 0.1) is 0 Å². The molecule has 150 valence electrons. The van der Waals surface area contributed by atoms with E-state index in [4.69, 9.17) is 5.10 Å². The molecule has 3 aromatic heterocycles. The number of pyridine rings is 1. The molecular weight excluding hydrogens is 410 g/mol. The number of carbonyl (C=O) groups is 1. The van der Waals surface area contributed by atoms with E-state index in [1.54, 1.807) is 12.4 Å². The molecule has 1 atom stereocenters. The highest BCUT2D eigenvalue weighted by Crippen LogP contribution is 2.45. The second-order valence-corrected chi connectivity index (χ2v) is 10.6. The predicted molar refractivity (Wildman–Crippen MR) is 111 cm³/mol. The zero-order valence-electron chi connectivity index (χ0n) is 15.8. The normalized spacial score (nSPS) is 19.6. The lowest BCUT2D eigenvalue weighted by atomic mass is 9.95. The van der Waals surface area contributed by atoms with Gasteiger partial charge in [0.1, 0.15) is 0 Å². The van der Waals surface area contributed by atoms with Crippen LogP contribution in [0.15, 0.2) is 24.5 Å². The van der Waals surface area contributed by atoms with E-state index in [0.29, 0.717) is 11.6 Å². The fourth-order valence-electron chi connectivity index (χ4n) is 4.07. The molecule has 2 aliphatic rings. The predicted octanol–water partition coefficient (Wildman–Crippen LogP) is 2.49. The molecule has 0 spiro atoms. The van der Waals surface area contributed by atoms with E-state index >= 15 is 0 Å². The zero-order valence-corrected chi connectivity index (χ0v) is 17.4. The minimum Gasteiger partial charge on any atom is -0.302 e. The Bertz CT molecular complexity index is 1210. The van der Waals surface area contributed by atoms with E-state index < -0.39 is 9.84 Å². The summed E-state index contributed by atoms with van der Waals surface area (Å²) in [6.45, 7) is 1.46. The third-order valence-corrected chi connectivity index (χ3v) is 8.08. The molecule has 0 radical (unpaired) electrons. The molecule has 1 fully saturated rings. The summed E-state index contributed by atoms with van der Waals surface area (Å²) in [4.78, 5) is 21.2. The van der Waals surface area contributed by atoms with Crippen LogP contribution < -0.4 is 5.32 Å². The number of hydrogen-bond acceptors (Lipinski definition) is 7. The highest BCUT2D eigenvalue weighted by Gasteiger charge is 2.36. The maximum Gasteiger partial charge on any atom is 0.223 e. The highest BCUT2D eigenvalue weighted by atomic mass is 32.2. The number of hydrogen-bond donors (Lipinski definition) is 1. The van der Waals surface area contributed by atoms with Crippen LogP contribution in [0.25, 0.3) is 21.8 Å². The van der Waals surface area contributed by atoms with Gasteiger partial charge in [-0.25, -0.2) is 13.4 Å². The van der Waals surface area contributed by atoms with Crippen LogP contribution in [-0.2, 0) is 27.5 Å². The first-order valence-electron chi connectivity index (χ1n) is 9.41. The molecule has 3 aromatic rings. The Morgan fingerprint density at radius 3 is 2.90 bits per heavy atom. The number of amides is 1. The van der Waals surface area contributed by atoms with Crippen LogP contribution >= 0.6 is 11.3 Å². The number of nitrogens with one attached hydrogen (secondary N) is 1. The van der Waals surface area contributed by atoms with Gasteiger partial charge in [-0.3, -0.25) is 14.5 Å². The van der Waals surface area contributed by atoms with Gasteiger partial charge in [-0.15, -0.1) is 0 Å². The molecule has 10 heteroatoms. The summed E-state index contributed by atoms with van der Waals surface area (Å²) in [6.07, 6.45) is 5.56. The summed E-state index contributed by atoms with van der Waals surface area (Å²) >= 11 is 1.42. The minimum atomic E-state index is -3.06. The van der Waals surface area contributed by atoms with Crippen molar-refractivity contribution < 1.29 is 13.2 Å². The van der Waals surface area contributed by atoms with Crippen molar-refractivity contribution in [3.63, 3.8) is 0 Å². The maximum atomic E-state index is 12.1. The Morgan fingerprint density at radius 2 is 2.21 bits per heavy atom. The molecule has 1 unspecified atom stereocenters. The molecule has 1 N–H and O–H groups in total. The molecule has 4 heterocycles. The summed E-state index contributed by atoms with van der Waals surface area (Å²) in [5.74, 6) is 0.115. The van der Waals surface area contributed by atoms with Crippen molar-refractivity contribution >= 4 is 32.2 Å². The lowest BCUT2D eigenvalue weighted by Crippen LogP contribution is -2.15. The monoisotopic (exact) mass is 429 g/mol. The molecule has 8 nitrogen and oxygen atoms in total. The largest absolute Gasteiger partial charge is 0.302 e. The van der Waals surface area contributed by atoms with Gasteiger partial charge in [0.2, 0.25) is 5.91 Å². The average molecular weight is 430 g/mol. The first-order chi connectivity index (χ1) is 13.9. The first-order valence-corrected chi connectivity index (χ1v) is 12.0. The number of aryl methyl sites for hydroxylation is 1. The number of carbonyl (C=O) groups excluding carboxylic acids is 1. The highest BCUT2D eigenvalue weighted by molar-refractivity contribution is 7.91. The number of nitrogens with zero attached hydrogens (tertiary/aromatic N) is 4. The van der Waals surface area contributed by atoms with Gasteiger partial charge < -0.3 is 5.32 Å². The summed E-state index contributed by atoms with van der Waals surface area (Å²) in [7, 11) is -3.06. The topological polar surface area (TPSA) is 107 Å². The molecule has 5 rings (SSSR count). The molecule has 0 bridgehead atoms. The lowest BCUT2D eigenvalue weighted by Gasteiger charge is -2.17. The van der Waals surface area contributed by atoms with Crippen LogP contribution in [0.1, 0.15) is 30.6 Å². The van der Waals surface area contributed by atoms with Crippen LogP contribution in [0.2, 0.25) is 0 Å². The molecule has 0 aromatic carbocycles. The Kier molecular flexibility index (Phi) is 4.28. The third kappa shape index (κ3) is 3.25. The second-order valence-electron chi connectivity index (χ2n) is 7.39. The summed E-state index contributed by atoms with van der Waals surface area (Å²) < 4.78 is 26.1. The third-order valence-electron chi connectivity index (χ3n) is 5.30. The van der Waals surface area contributed by atoms with E-state index in [0.717, 1.165) is 45.9 Å². The van der Waals surface area contributed by atoms with Gasteiger partial charge in [0.05, 0.1) is 39.5 Å². The summed E-state index contributed by atoms with van der Waals surface area (Å²) in [6, 6.07) is 3.64. The average Bonchev–Trinajstić information content (AvgIpc) is 3.35. The fraction of sp³-hybridized carbons (Fsp3) is 0.368. The number of fused-ring (bicyclic) bond motifs is 3. The minimum absolute atomic E-state index is 0.0975. The van der Waals surface area contributed by atoms with Crippen molar-refractivity contribution in [2.24, 2.45) is 0 Å². The number of thiazole rings is 1. The summed E-state index contributed by atoms with van der Waals surface area (Å²) in [5, 5.41) is 8.21. The Balaban J connectivity index is 1.69. The molecule has 1 saturated heterocycles. The zero-order chi connectivity index (χ0) is 20.2. The van der Waals surface area contributed by atoms with E-state index in [9.17, 15) is 13.2 Å². The SMILES string of the molecule is CC(=O)Nc1nc2c(s1)-c1c(c(-c3cccnc3)nn1C1CCS(=O)(=O)C1)CC2. The summed E-state index contributed by atoms with van der Waals surface area (Å²) in [5.41, 5.74) is 4.70. The number of aromatic nitrogens is 4. The van der Waals surface area contributed by atoms with Gasteiger partial charge in [-0.1, -0.05) is 11.3 Å². The quantitative estimate of drug-likeness (QED) is 0.685. The second kappa shape index (κ2) is 6.74. The van der Waals surface area contributed by atoms with Gasteiger partial charge >= 0.3 is 0 Å². The molecule has 0 saturated carbocycles. The number of anilines is 1. The Labute approximate surface area is 171 Å². The molecular formula is C19H19N5O3S2. The van der Waals surface area contributed by atoms with Crippen LogP contribution in [0.5, 0.6) is 0 Å². The molecule has 1 amide bonds. The van der Waals surface area contributed by atoms with Crippen molar-refractivity contribution in [2.45, 2.75) is 32.2 Å². The van der Waals surface area contributed by atoms with E-state index in [2.05, 4.69) is 15.3 Å².